The Labute approximate surface area is 225 Å². The fourth-order valence-electron chi connectivity index (χ4n) is 3.04. The summed E-state index contributed by atoms with van der Waals surface area (Å²) >= 11 is 0. The number of hydrogen-bond donors (Lipinski definition) is 3. The maximum atomic E-state index is 11.0. The van der Waals surface area contributed by atoms with Gasteiger partial charge in [-0.3, -0.25) is 0 Å². The Hall–Kier alpha value is -3.44. The Morgan fingerprint density at radius 1 is 0.514 bits per heavy atom. The summed E-state index contributed by atoms with van der Waals surface area (Å²) in [7, 11) is 0. The summed E-state index contributed by atoms with van der Waals surface area (Å²) in [5.41, 5.74) is 2.21. The van der Waals surface area contributed by atoms with Crippen LogP contribution in [0.1, 0.15) is 75.7 Å². The van der Waals surface area contributed by atoms with E-state index < -0.39 is 17.1 Å². The molecule has 13 heteroatoms. The van der Waals surface area contributed by atoms with E-state index >= 15 is 0 Å². The standard InChI is InChI=1S/3C8H12N2O2.Fe/c3*1-3-6-5-7(4-2)10(12)8(11)9-6;/h3*5,12H,3-4H2,1-2H3;/q;;;+3. The Morgan fingerprint density at radius 2 is 0.730 bits per heavy atom. The van der Waals surface area contributed by atoms with Gasteiger partial charge in [-0.2, -0.15) is 15.0 Å². The zero-order valence-corrected chi connectivity index (χ0v) is 23.2. The van der Waals surface area contributed by atoms with Gasteiger partial charge in [-0.25, -0.2) is 14.4 Å². The summed E-state index contributed by atoms with van der Waals surface area (Å²) in [6.07, 6.45) is 4.01. The fourth-order valence-corrected chi connectivity index (χ4v) is 3.04. The fraction of sp³-hybridized carbons (Fsp3) is 0.500. The van der Waals surface area contributed by atoms with E-state index in [9.17, 15) is 14.4 Å². The number of aromatic nitrogens is 6. The molecule has 203 valence electrons. The zero-order valence-electron chi connectivity index (χ0n) is 22.1. The van der Waals surface area contributed by atoms with E-state index in [1.165, 1.54) is 0 Å². The third kappa shape index (κ3) is 9.51. The normalized spacial score (nSPS) is 9.89. The van der Waals surface area contributed by atoms with Crippen molar-refractivity contribution in [1.82, 2.24) is 29.1 Å². The molecule has 37 heavy (non-hydrogen) atoms. The predicted octanol–water partition coefficient (Wildman–Crippen LogP) is 1.81. The molecule has 12 nitrogen and oxygen atoms in total. The molecule has 0 aromatic carbocycles. The van der Waals surface area contributed by atoms with Crippen molar-refractivity contribution in [2.45, 2.75) is 80.1 Å². The van der Waals surface area contributed by atoms with Crippen LogP contribution in [0.2, 0.25) is 0 Å². The summed E-state index contributed by atoms with van der Waals surface area (Å²) in [5.74, 6) is 0. The van der Waals surface area contributed by atoms with Crippen LogP contribution in [0.3, 0.4) is 0 Å². The van der Waals surface area contributed by atoms with Crippen LogP contribution in [0.15, 0.2) is 32.6 Å². The van der Waals surface area contributed by atoms with E-state index in [0.29, 0.717) is 69.8 Å². The molecule has 0 fully saturated rings. The quantitative estimate of drug-likeness (QED) is 0.301. The zero-order chi connectivity index (χ0) is 27.4. The van der Waals surface area contributed by atoms with Gasteiger partial charge in [-0.15, -0.1) is 14.2 Å². The average molecular weight is 560 g/mol. The summed E-state index contributed by atoms with van der Waals surface area (Å²) in [6.45, 7) is 11.4. The molecule has 3 N–H and O–H groups in total. The van der Waals surface area contributed by atoms with Gasteiger partial charge in [0.05, 0.1) is 17.1 Å². The molecule has 3 aromatic rings. The molecule has 0 aliphatic heterocycles. The molecular formula is C24H36FeN6O6+3. The molecule has 0 atom stereocenters. The Morgan fingerprint density at radius 3 is 0.892 bits per heavy atom. The first-order chi connectivity index (χ1) is 17.1. The van der Waals surface area contributed by atoms with Crippen LogP contribution in [-0.2, 0) is 55.6 Å². The molecule has 0 aliphatic rings. The molecule has 3 rings (SSSR count). The number of rotatable bonds is 6. The smallest absolute Gasteiger partial charge is 0.424 e. The maximum absolute atomic E-state index is 11.0. The van der Waals surface area contributed by atoms with Gasteiger partial charge in [-0.05, 0) is 56.7 Å². The van der Waals surface area contributed by atoms with Crippen LogP contribution in [-0.4, -0.2) is 44.8 Å². The molecule has 3 aromatic heterocycles. The Kier molecular flexibility index (Phi) is 14.8. The van der Waals surface area contributed by atoms with Gasteiger partial charge in [0, 0.05) is 17.1 Å². The van der Waals surface area contributed by atoms with Crippen LogP contribution in [0.25, 0.3) is 0 Å². The van der Waals surface area contributed by atoms with Crippen molar-refractivity contribution < 1.29 is 32.7 Å². The van der Waals surface area contributed by atoms with Gasteiger partial charge >= 0.3 is 34.1 Å². The van der Waals surface area contributed by atoms with Crippen molar-refractivity contribution in [2.75, 3.05) is 0 Å². The van der Waals surface area contributed by atoms with Crippen LogP contribution in [0.4, 0.5) is 0 Å². The van der Waals surface area contributed by atoms with Gasteiger partial charge in [0.15, 0.2) is 0 Å². The Bertz CT molecular complexity index is 1160. The minimum absolute atomic E-state index is 0. The van der Waals surface area contributed by atoms with E-state index in [1.54, 1.807) is 18.2 Å². The second kappa shape index (κ2) is 16.3. The summed E-state index contributed by atoms with van der Waals surface area (Å²) in [4.78, 5) is 43.9. The SMILES string of the molecule is CCc1cc(CC)n(O)c(=O)n1.CCc1cc(CC)n(O)c(=O)n1.CCc1cc(CC)n(O)c(=O)n1.[Fe+3]. The predicted molar refractivity (Wildman–Crippen MR) is 133 cm³/mol. The van der Waals surface area contributed by atoms with Crippen molar-refractivity contribution in [3.05, 3.63) is 83.8 Å². The van der Waals surface area contributed by atoms with Gasteiger partial charge < -0.3 is 15.6 Å². The third-order valence-corrected chi connectivity index (χ3v) is 5.25. The monoisotopic (exact) mass is 560 g/mol. The molecule has 0 amide bonds. The van der Waals surface area contributed by atoms with Gasteiger partial charge in [-0.1, -0.05) is 41.5 Å². The summed E-state index contributed by atoms with van der Waals surface area (Å²) in [5, 5.41) is 27.5. The van der Waals surface area contributed by atoms with Crippen LogP contribution < -0.4 is 17.1 Å². The first-order valence-corrected chi connectivity index (χ1v) is 12.0. The molecule has 0 saturated heterocycles. The molecule has 0 bridgehead atoms. The van der Waals surface area contributed by atoms with E-state index in [-0.39, 0.29) is 17.1 Å². The molecule has 0 unspecified atom stereocenters. The molecule has 0 spiro atoms. The number of nitrogens with zero attached hydrogens (tertiary/aromatic N) is 6. The van der Waals surface area contributed by atoms with Crippen molar-refractivity contribution in [3.63, 3.8) is 0 Å². The van der Waals surface area contributed by atoms with E-state index in [0.717, 1.165) is 17.1 Å². The molecule has 0 saturated carbocycles. The Balaban J connectivity index is 0.000000518. The van der Waals surface area contributed by atoms with Gasteiger partial charge in [0.1, 0.15) is 0 Å². The van der Waals surface area contributed by atoms with Crippen molar-refractivity contribution in [2.24, 2.45) is 0 Å². The van der Waals surface area contributed by atoms with Crippen molar-refractivity contribution >= 4 is 0 Å². The van der Waals surface area contributed by atoms with Crippen LogP contribution in [0, 0.1) is 0 Å². The topological polar surface area (TPSA) is 165 Å². The first kappa shape index (κ1) is 33.6. The molecule has 0 aliphatic carbocycles. The molecular weight excluding hydrogens is 524 g/mol. The molecule has 1 radical (unpaired) electrons. The van der Waals surface area contributed by atoms with Gasteiger partial charge in [0.2, 0.25) is 0 Å². The summed E-state index contributed by atoms with van der Waals surface area (Å²) in [6, 6.07) is 5.21. The maximum Gasteiger partial charge on any atom is 3.00 e. The minimum Gasteiger partial charge on any atom is -0.424 e. The number of hydrogen-bond acceptors (Lipinski definition) is 9. The summed E-state index contributed by atoms with van der Waals surface area (Å²) < 4.78 is 1.79. The first-order valence-electron chi connectivity index (χ1n) is 12.0. The van der Waals surface area contributed by atoms with Crippen LogP contribution >= 0.6 is 0 Å². The second-order valence-corrected chi connectivity index (χ2v) is 7.62. The number of aryl methyl sites for hydroxylation is 6. The second-order valence-electron chi connectivity index (χ2n) is 7.62. The minimum atomic E-state index is -0.591. The van der Waals surface area contributed by atoms with E-state index in [2.05, 4.69) is 15.0 Å². The van der Waals surface area contributed by atoms with Crippen molar-refractivity contribution in [1.29, 1.82) is 0 Å². The average Bonchev–Trinajstić information content (AvgIpc) is 2.89. The van der Waals surface area contributed by atoms with E-state index in [4.69, 9.17) is 15.6 Å². The third-order valence-electron chi connectivity index (χ3n) is 5.25. The van der Waals surface area contributed by atoms with Crippen molar-refractivity contribution in [3.8, 4) is 0 Å². The largest absolute Gasteiger partial charge is 3.00 e. The van der Waals surface area contributed by atoms with Gasteiger partial charge in [0.25, 0.3) is 0 Å². The van der Waals surface area contributed by atoms with Crippen LogP contribution in [0.5, 0.6) is 0 Å². The molecule has 3 heterocycles. The van der Waals surface area contributed by atoms with E-state index in [1.807, 2.05) is 41.5 Å².